The van der Waals surface area contributed by atoms with Crippen molar-refractivity contribution >= 4 is 29.1 Å². The summed E-state index contributed by atoms with van der Waals surface area (Å²) in [6.07, 6.45) is 2.61. The van der Waals surface area contributed by atoms with Crippen LogP contribution >= 0.6 is 23.4 Å². The van der Waals surface area contributed by atoms with E-state index >= 15 is 0 Å². The SMILES string of the molecule is CC(=O)COc1cc(F)c(CSc2nc3c(n2-c2ccc(F)cc2)C(c2ccc(Cl)c(C)c2)CCC3)c(F)c1. The van der Waals surface area contributed by atoms with Gasteiger partial charge in [0.1, 0.15) is 29.8 Å². The van der Waals surface area contributed by atoms with Gasteiger partial charge < -0.3 is 4.74 Å². The second-order valence-electron chi connectivity index (χ2n) is 9.64. The molecule has 5 rings (SSSR count). The summed E-state index contributed by atoms with van der Waals surface area (Å²) < 4.78 is 50.8. The number of benzene rings is 3. The highest BCUT2D eigenvalue weighted by atomic mass is 35.5. The molecule has 1 aromatic heterocycles. The van der Waals surface area contributed by atoms with Gasteiger partial charge in [-0.05, 0) is 74.6 Å². The van der Waals surface area contributed by atoms with Gasteiger partial charge in [0.25, 0.3) is 0 Å². The molecule has 39 heavy (non-hydrogen) atoms. The van der Waals surface area contributed by atoms with E-state index in [0.29, 0.717) is 10.2 Å². The highest BCUT2D eigenvalue weighted by molar-refractivity contribution is 7.98. The molecule has 0 saturated carbocycles. The number of halogens is 4. The Bertz CT molecular complexity index is 1520. The van der Waals surface area contributed by atoms with Gasteiger partial charge in [0.05, 0.1) is 11.4 Å². The Balaban J connectivity index is 1.53. The predicted molar refractivity (Wildman–Crippen MR) is 147 cm³/mol. The second-order valence-corrected chi connectivity index (χ2v) is 11.0. The van der Waals surface area contributed by atoms with Crippen molar-refractivity contribution in [1.29, 1.82) is 0 Å². The molecule has 202 valence electrons. The van der Waals surface area contributed by atoms with Crippen LogP contribution in [0.25, 0.3) is 5.69 Å². The number of nitrogens with zero attached hydrogens (tertiary/aromatic N) is 2. The zero-order chi connectivity index (χ0) is 27.7. The summed E-state index contributed by atoms with van der Waals surface area (Å²) in [6.45, 7) is 3.04. The van der Waals surface area contributed by atoms with Gasteiger partial charge in [-0.3, -0.25) is 9.36 Å². The number of imidazole rings is 1. The highest BCUT2D eigenvalue weighted by Crippen LogP contribution is 2.42. The number of fused-ring (bicyclic) bond motifs is 1. The normalized spacial score (nSPS) is 14.8. The van der Waals surface area contributed by atoms with Crippen molar-refractivity contribution in [2.24, 2.45) is 0 Å². The lowest BCUT2D eigenvalue weighted by Gasteiger charge is -2.25. The van der Waals surface area contributed by atoms with Gasteiger partial charge >= 0.3 is 0 Å². The fourth-order valence-corrected chi connectivity index (χ4v) is 6.05. The van der Waals surface area contributed by atoms with Crippen LogP contribution in [0, 0.1) is 24.4 Å². The molecule has 0 radical (unpaired) electrons. The van der Waals surface area contributed by atoms with E-state index in [0.717, 1.165) is 59.6 Å². The van der Waals surface area contributed by atoms with Crippen LogP contribution in [0.1, 0.15) is 53.8 Å². The van der Waals surface area contributed by atoms with Crippen LogP contribution in [-0.2, 0) is 17.0 Å². The molecule has 4 aromatic rings. The van der Waals surface area contributed by atoms with Crippen molar-refractivity contribution in [3.8, 4) is 11.4 Å². The number of Topliss-reactive ketones (excluding diaryl/α,β-unsaturated/α-hetero) is 1. The standard InChI is InChI=1S/C30H26ClF3N2O2S/c1-17-12-19(6-11-25(17)31)23-4-3-5-28-29(23)36(21-9-7-20(32)8-10-21)30(35-28)39-16-24-26(33)13-22(14-27(24)34)38-15-18(2)37/h6-14,23H,3-5,15-16H2,1-2H3. The van der Waals surface area contributed by atoms with Crippen LogP contribution in [0.15, 0.2) is 59.8 Å². The molecule has 3 aromatic carbocycles. The van der Waals surface area contributed by atoms with Gasteiger partial charge in [-0.15, -0.1) is 0 Å². The van der Waals surface area contributed by atoms with E-state index in [1.54, 1.807) is 12.1 Å². The average molecular weight is 571 g/mol. The number of rotatable bonds is 8. The van der Waals surface area contributed by atoms with E-state index in [9.17, 15) is 18.0 Å². The third kappa shape index (κ3) is 5.87. The molecule has 0 N–H and O–H groups in total. The molecule has 1 aliphatic rings. The molecule has 1 atom stereocenters. The number of aromatic nitrogens is 2. The predicted octanol–water partition coefficient (Wildman–Crippen LogP) is 7.98. The fraction of sp³-hybridized carbons (Fsp3) is 0.267. The second kappa shape index (κ2) is 11.5. The number of thioether (sulfide) groups is 1. The lowest BCUT2D eigenvalue weighted by Crippen LogP contribution is -2.15. The fourth-order valence-electron chi connectivity index (χ4n) is 4.87. The lowest BCUT2D eigenvalue weighted by molar-refractivity contribution is -0.118. The van der Waals surface area contributed by atoms with Gasteiger partial charge in [-0.25, -0.2) is 18.2 Å². The summed E-state index contributed by atoms with van der Waals surface area (Å²) in [5.41, 5.74) is 4.60. The Morgan fingerprint density at radius 3 is 2.49 bits per heavy atom. The summed E-state index contributed by atoms with van der Waals surface area (Å²) in [5.74, 6) is -2.17. The van der Waals surface area contributed by atoms with Crippen LogP contribution in [0.5, 0.6) is 5.75 Å². The van der Waals surface area contributed by atoms with E-state index in [1.165, 1.54) is 30.8 Å². The van der Waals surface area contributed by atoms with E-state index in [1.807, 2.05) is 23.6 Å². The summed E-state index contributed by atoms with van der Waals surface area (Å²) in [5, 5.41) is 1.26. The number of carbonyl (C=O) groups excluding carboxylic acids is 1. The van der Waals surface area contributed by atoms with Crippen LogP contribution in [-0.4, -0.2) is 21.9 Å². The topological polar surface area (TPSA) is 44.1 Å². The first-order valence-electron chi connectivity index (χ1n) is 12.6. The maximum absolute atomic E-state index is 14.9. The zero-order valence-corrected chi connectivity index (χ0v) is 23.0. The molecule has 1 unspecified atom stereocenters. The van der Waals surface area contributed by atoms with Crippen molar-refractivity contribution < 1.29 is 22.7 Å². The highest BCUT2D eigenvalue weighted by Gasteiger charge is 2.30. The number of carbonyl (C=O) groups is 1. The Morgan fingerprint density at radius 2 is 1.82 bits per heavy atom. The Morgan fingerprint density at radius 1 is 1.10 bits per heavy atom. The van der Waals surface area contributed by atoms with Crippen LogP contribution in [0.3, 0.4) is 0 Å². The van der Waals surface area contributed by atoms with Gasteiger partial charge in [-0.1, -0.05) is 35.5 Å². The molecule has 0 fully saturated rings. The lowest BCUT2D eigenvalue weighted by atomic mass is 9.83. The van der Waals surface area contributed by atoms with E-state index in [2.05, 4.69) is 6.07 Å². The summed E-state index contributed by atoms with van der Waals surface area (Å²) in [4.78, 5) is 16.1. The zero-order valence-electron chi connectivity index (χ0n) is 21.4. The van der Waals surface area contributed by atoms with Crippen molar-refractivity contribution in [2.45, 2.75) is 49.9 Å². The maximum Gasteiger partial charge on any atom is 0.173 e. The maximum atomic E-state index is 14.9. The molecule has 0 aliphatic heterocycles. The summed E-state index contributed by atoms with van der Waals surface area (Å²) >= 11 is 7.50. The molecular formula is C30H26ClF3N2O2S. The minimum atomic E-state index is -0.764. The smallest absolute Gasteiger partial charge is 0.173 e. The van der Waals surface area contributed by atoms with Gasteiger partial charge in [-0.2, -0.15) is 0 Å². The van der Waals surface area contributed by atoms with Crippen molar-refractivity contribution in [2.75, 3.05) is 6.61 Å². The van der Waals surface area contributed by atoms with Crippen molar-refractivity contribution in [3.63, 3.8) is 0 Å². The Hall–Kier alpha value is -3.23. The first-order valence-corrected chi connectivity index (χ1v) is 13.9. The molecule has 0 amide bonds. The van der Waals surface area contributed by atoms with Crippen LogP contribution in [0.2, 0.25) is 5.02 Å². The largest absolute Gasteiger partial charge is 0.486 e. The minimum Gasteiger partial charge on any atom is -0.486 e. The van der Waals surface area contributed by atoms with Crippen LogP contribution < -0.4 is 4.74 Å². The van der Waals surface area contributed by atoms with Crippen molar-refractivity contribution in [3.05, 3.63) is 105 Å². The Kier molecular flexibility index (Phi) is 8.05. The molecule has 1 heterocycles. The van der Waals surface area contributed by atoms with Crippen LogP contribution in [0.4, 0.5) is 13.2 Å². The molecule has 0 saturated heterocycles. The van der Waals surface area contributed by atoms with Gasteiger partial charge in [0, 0.05) is 40.1 Å². The third-order valence-corrected chi connectivity index (χ3v) is 8.16. The van der Waals surface area contributed by atoms with E-state index < -0.39 is 11.6 Å². The third-order valence-electron chi connectivity index (χ3n) is 6.77. The average Bonchev–Trinajstić information content (AvgIpc) is 3.27. The molecule has 1 aliphatic carbocycles. The summed E-state index contributed by atoms with van der Waals surface area (Å²) in [6, 6.07) is 14.3. The van der Waals surface area contributed by atoms with E-state index in [4.69, 9.17) is 21.3 Å². The first kappa shape index (κ1) is 27.3. The summed E-state index contributed by atoms with van der Waals surface area (Å²) in [7, 11) is 0. The molecule has 0 bridgehead atoms. The minimum absolute atomic E-state index is 0.0214. The molecule has 4 nitrogen and oxygen atoms in total. The van der Waals surface area contributed by atoms with Gasteiger partial charge in [0.2, 0.25) is 0 Å². The van der Waals surface area contributed by atoms with Crippen molar-refractivity contribution in [1.82, 2.24) is 9.55 Å². The number of hydrogen-bond acceptors (Lipinski definition) is 4. The Labute approximate surface area is 234 Å². The first-order chi connectivity index (χ1) is 18.7. The molecule has 0 spiro atoms. The van der Waals surface area contributed by atoms with E-state index in [-0.39, 0.29) is 41.2 Å². The number of ketones is 1. The molecule has 9 heteroatoms. The number of aryl methyl sites for hydroxylation is 2. The quantitative estimate of drug-likeness (QED) is 0.201. The molecular weight excluding hydrogens is 545 g/mol. The van der Waals surface area contributed by atoms with Gasteiger partial charge in [0.15, 0.2) is 10.9 Å². The number of ether oxygens (including phenoxy) is 1. The monoisotopic (exact) mass is 570 g/mol. The number of hydrogen-bond donors (Lipinski definition) is 0.